The Kier molecular flexibility index (Phi) is 3.02. The maximum Gasteiger partial charge on any atom is 0.201 e. The highest BCUT2D eigenvalue weighted by molar-refractivity contribution is 5.76. The molecule has 0 aliphatic carbocycles. The predicted molar refractivity (Wildman–Crippen MR) is 42.8 cm³/mol. The molecule has 3 atom stereocenters. The summed E-state index contributed by atoms with van der Waals surface area (Å²) in [5.41, 5.74) is 0. The topological polar surface area (TPSA) is 87.0 Å². The largest absolute Gasteiger partial charge is 0.390 e. The first-order chi connectivity index (χ1) is 5.96. The Morgan fingerprint density at radius 1 is 1.62 bits per heavy atom. The van der Waals surface area contributed by atoms with Crippen molar-refractivity contribution < 1.29 is 24.9 Å². The zero-order valence-electron chi connectivity index (χ0n) is 7.43. The number of carbonyl (C=O) groups excluding carboxylic acids is 1. The Bertz CT molecular complexity index is 205. The van der Waals surface area contributed by atoms with Gasteiger partial charge in [0.25, 0.3) is 0 Å². The smallest absolute Gasteiger partial charge is 0.201 e. The van der Waals surface area contributed by atoms with Crippen molar-refractivity contribution in [3.8, 4) is 0 Å². The average molecular weight is 190 g/mol. The van der Waals surface area contributed by atoms with E-state index >= 15 is 0 Å². The highest BCUT2D eigenvalue weighted by Gasteiger charge is 2.45. The summed E-state index contributed by atoms with van der Waals surface area (Å²) in [6.45, 7) is 1.43. The molecule has 0 spiro atoms. The maximum absolute atomic E-state index is 10.7. The van der Waals surface area contributed by atoms with Crippen molar-refractivity contribution in [3.63, 3.8) is 0 Å². The van der Waals surface area contributed by atoms with E-state index in [0.29, 0.717) is 0 Å². The van der Waals surface area contributed by atoms with Gasteiger partial charge in [0.15, 0.2) is 0 Å². The summed E-state index contributed by atoms with van der Waals surface area (Å²) in [6.07, 6.45) is -2.48. The molecule has 1 heterocycles. The van der Waals surface area contributed by atoms with E-state index in [-0.39, 0.29) is 25.2 Å². The number of aliphatic hydroxyl groups excluding tert-OH is 2. The van der Waals surface area contributed by atoms with Crippen molar-refractivity contribution in [1.29, 1.82) is 0 Å². The van der Waals surface area contributed by atoms with Crippen molar-refractivity contribution >= 4 is 5.78 Å². The zero-order chi connectivity index (χ0) is 10.1. The molecule has 0 saturated carbocycles. The van der Waals surface area contributed by atoms with Crippen LogP contribution in [0.4, 0.5) is 0 Å². The molecule has 5 nitrogen and oxygen atoms in total. The van der Waals surface area contributed by atoms with E-state index in [1.807, 2.05) is 0 Å². The minimum absolute atomic E-state index is 0.141. The second kappa shape index (κ2) is 3.71. The van der Waals surface area contributed by atoms with Crippen LogP contribution in [0.15, 0.2) is 0 Å². The van der Waals surface area contributed by atoms with Crippen molar-refractivity contribution in [3.05, 3.63) is 0 Å². The van der Waals surface area contributed by atoms with Gasteiger partial charge >= 0.3 is 0 Å². The Hall–Kier alpha value is -0.490. The molecular formula is C8H14O5. The van der Waals surface area contributed by atoms with Crippen molar-refractivity contribution in [2.45, 2.75) is 37.8 Å². The second-order valence-corrected chi connectivity index (χ2v) is 3.37. The van der Waals surface area contributed by atoms with Gasteiger partial charge in [0.1, 0.15) is 11.9 Å². The van der Waals surface area contributed by atoms with Gasteiger partial charge in [-0.2, -0.15) is 0 Å². The average Bonchev–Trinajstić information content (AvgIpc) is 1.99. The van der Waals surface area contributed by atoms with E-state index in [4.69, 9.17) is 4.74 Å². The van der Waals surface area contributed by atoms with Gasteiger partial charge in [0.05, 0.1) is 19.1 Å². The fourth-order valence-corrected chi connectivity index (χ4v) is 1.41. The van der Waals surface area contributed by atoms with Gasteiger partial charge in [-0.3, -0.25) is 4.79 Å². The summed E-state index contributed by atoms with van der Waals surface area (Å²) in [5.74, 6) is -2.21. The van der Waals surface area contributed by atoms with Crippen LogP contribution in [0.2, 0.25) is 0 Å². The molecule has 0 bridgehead atoms. The minimum Gasteiger partial charge on any atom is -0.390 e. The number of aliphatic hydroxyl groups is 3. The van der Waals surface area contributed by atoms with Gasteiger partial charge in [-0.1, -0.05) is 0 Å². The minimum atomic E-state index is -1.91. The number of ether oxygens (including phenoxy) is 1. The molecule has 1 saturated heterocycles. The zero-order valence-corrected chi connectivity index (χ0v) is 7.43. The van der Waals surface area contributed by atoms with Gasteiger partial charge in [-0.25, -0.2) is 0 Å². The number of hydrogen-bond acceptors (Lipinski definition) is 5. The quantitative estimate of drug-likeness (QED) is 0.509. The molecule has 13 heavy (non-hydrogen) atoms. The molecule has 1 fully saturated rings. The molecule has 0 aromatic rings. The van der Waals surface area contributed by atoms with Gasteiger partial charge < -0.3 is 20.1 Å². The predicted octanol–water partition coefficient (Wildman–Crippen LogP) is -1.20. The standard InChI is InChI=1S/C8H14O5/c1-5(9)4-8(12)7(11)6(10)2-3-13-8/h6-7,10-12H,2-4H2,1H3. The molecule has 0 aromatic carbocycles. The normalized spacial score (nSPS) is 40.3. The van der Waals surface area contributed by atoms with Crippen LogP contribution in [-0.2, 0) is 9.53 Å². The lowest BCUT2D eigenvalue weighted by Crippen LogP contribution is -2.56. The molecule has 5 heteroatoms. The summed E-state index contributed by atoms with van der Waals surface area (Å²) in [6, 6.07) is 0. The molecule has 3 unspecified atom stereocenters. The SMILES string of the molecule is CC(=O)CC1(O)OCCC(O)C1O. The number of hydrogen-bond donors (Lipinski definition) is 3. The van der Waals surface area contributed by atoms with E-state index in [1.165, 1.54) is 6.92 Å². The van der Waals surface area contributed by atoms with Crippen LogP contribution in [0.3, 0.4) is 0 Å². The van der Waals surface area contributed by atoms with Crippen LogP contribution >= 0.6 is 0 Å². The van der Waals surface area contributed by atoms with Crippen LogP contribution in [0.1, 0.15) is 19.8 Å². The third-order valence-corrected chi connectivity index (χ3v) is 2.09. The summed E-state index contributed by atoms with van der Waals surface area (Å²) < 4.78 is 4.88. The number of rotatable bonds is 2. The van der Waals surface area contributed by atoms with Crippen LogP contribution in [-0.4, -0.2) is 45.7 Å². The summed E-state index contributed by atoms with van der Waals surface area (Å²) >= 11 is 0. The molecule has 0 radical (unpaired) electrons. The van der Waals surface area contributed by atoms with E-state index in [0.717, 1.165) is 0 Å². The molecule has 1 rings (SSSR count). The number of ketones is 1. The summed E-state index contributed by atoms with van der Waals surface area (Å²) in [5, 5.41) is 28.2. The van der Waals surface area contributed by atoms with E-state index in [1.54, 1.807) is 0 Å². The highest BCUT2D eigenvalue weighted by Crippen LogP contribution is 2.26. The summed E-state index contributed by atoms with van der Waals surface area (Å²) in [7, 11) is 0. The van der Waals surface area contributed by atoms with Gasteiger partial charge in [-0.15, -0.1) is 0 Å². The van der Waals surface area contributed by atoms with Crippen LogP contribution in [0.25, 0.3) is 0 Å². The third kappa shape index (κ3) is 2.25. The van der Waals surface area contributed by atoms with Crippen molar-refractivity contribution in [2.75, 3.05) is 6.61 Å². The van der Waals surface area contributed by atoms with E-state index in [2.05, 4.69) is 0 Å². The van der Waals surface area contributed by atoms with E-state index in [9.17, 15) is 20.1 Å². The molecule has 3 N–H and O–H groups in total. The van der Waals surface area contributed by atoms with Gasteiger partial charge in [-0.05, 0) is 13.3 Å². The molecule has 76 valence electrons. The number of Topliss-reactive ketones (excluding diaryl/α,β-unsaturated/α-hetero) is 1. The lowest BCUT2D eigenvalue weighted by molar-refractivity contribution is -0.298. The fourth-order valence-electron chi connectivity index (χ4n) is 1.41. The first-order valence-electron chi connectivity index (χ1n) is 4.17. The van der Waals surface area contributed by atoms with E-state index < -0.39 is 18.0 Å². The molecule has 1 aliphatic heterocycles. The molecule has 1 aliphatic rings. The summed E-state index contributed by atoms with van der Waals surface area (Å²) in [4.78, 5) is 10.7. The molecule has 0 aromatic heterocycles. The maximum atomic E-state index is 10.7. The second-order valence-electron chi connectivity index (χ2n) is 3.37. The third-order valence-electron chi connectivity index (χ3n) is 2.09. The Morgan fingerprint density at radius 3 is 2.77 bits per heavy atom. The highest BCUT2D eigenvalue weighted by atomic mass is 16.6. The van der Waals surface area contributed by atoms with Crippen molar-refractivity contribution in [1.82, 2.24) is 0 Å². The molecular weight excluding hydrogens is 176 g/mol. The Morgan fingerprint density at radius 2 is 2.23 bits per heavy atom. The van der Waals surface area contributed by atoms with Crippen LogP contribution in [0, 0.1) is 0 Å². The number of carbonyl (C=O) groups is 1. The van der Waals surface area contributed by atoms with Gasteiger partial charge in [0.2, 0.25) is 5.79 Å². The Balaban J connectivity index is 2.69. The van der Waals surface area contributed by atoms with Crippen LogP contribution < -0.4 is 0 Å². The van der Waals surface area contributed by atoms with Crippen LogP contribution in [0.5, 0.6) is 0 Å². The van der Waals surface area contributed by atoms with Gasteiger partial charge in [0, 0.05) is 0 Å². The first kappa shape index (κ1) is 10.6. The monoisotopic (exact) mass is 190 g/mol. The Labute approximate surface area is 75.9 Å². The lowest BCUT2D eigenvalue weighted by Gasteiger charge is -2.38. The fraction of sp³-hybridized carbons (Fsp3) is 0.875. The molecule has 0 amide bonds. The first-order valence-corrected chi connectivity index (χ1v) is 4.17. The van der Waals surface area contributed by atoms with Crippen molar-refractivity contribution in [2.24, 2.45) is 0 Å². The lowest BCUT2D eigenvalue weighted by atomic mass is 9.95.